The third-order valence-corrected chi connectivity index (χ3v) is 3.56. The lowest BCUT2D eigenvalue weighted by Crippen LogP contribution is -2.35. The highest BCUT2D eigenvalue weighted by Gasteiger charge is 2.10. The van der Waals surface area contributed by atoms with Gasteiger partial charge in [0.05, 0.1) is 0 Å². The molecule has 0 unspecified atom stereocenters. The van der Waals surface area contributed by atoms with Crippen molar-refractivity contribution in [2.24, 2.45) is 7.05 Å². The first-order valence-electron chi connectivity index (χ1n) is 7.20. The van der Waals surface area contributed by atoms with Gasteiger partial charge < -0.3 is 10.2 Å². The number of carbonyl (C=O) groups excluding carboxylic acids is 1. The number of aromatic nitrogens is 2. The average Bonchev–Trinajstić information content (AvgIpc) is 2.91. The number of likely N-dealkylation sites (N-methyl/N-ethyl adjacent to an activating group) is 1. The first-order valence-corrected chi connectivity index (χ1v) is 7.20. The quantitative estimate of drug-likeness (QED) is 0.883. The van der Waals surface area contributed by atoms with Gasteiger partial charge in [-0.3, -0.25) is 9.48 Å². The maximum atomic E-state index is 12.0. The van der Waals surface area contributed by atoms with Gasteiger partial charge in [-0.25, -0.2) is 0 Å². The Morgan fingerprint density at radius 3 is 2.71 bits per heavy atom. The van der Waals surface area contributed by atoms with Crippen LogP contribution in [0.2, 0.25) is 0 Å². The van der Waals surface area contributed by atoms with Crippen molar-refractivity contribution in [3.05, 3.63) is 47.8 Å². The number of amides is 1. The number of nitrogens with zero attached hydrogens (tertiary/aromatic N) is 3. The van der Waals surface area contributed by atoms with E-state index in [1.165, 1.54) is 11.3 Å². The zero-order valence-electron chi connectivity index (χ0n) is 12.8. The molecule has 0 saturated carbocycles. The molecule has 1 aromatic carbocycles. The zero-order valence-corrected chi connectivity index (χ0v) is 12.8. The van der Waals surface area contributed by atoms with E-state index in [0.29, 0.717) is 12.2 Å². The predicted molar refractivity (Wildman–Crippen MR) is 84.6 cm³/mol. The van der Waals surface area contributed by atoms with Crippen molar-refractivity contribution in [1.29, 1.82) is 0 Å². The molecule has 1 heterocycles. The van der Waals surface area contributed by atoms with Gasteiger partial charge >= 0.3 is 0 Å². The molecule has 0 radical (unpaired) electrons. The van der Waals surface area contributed by atoms with Crippen molar-refractivity contribution in [2.45, 2.75) is 13.8 Å². The van der Waals surface area contributed by atoms with Crippen LogP contribution >= 0.6 is 0 Å². The summed E-state index contributed by atoms with van der Waals surface area (Å²) in [6, 6.07) is 10.0. The Kier molecular flexibility index (Phi) is 4.98. The number of benzene rings is 1. The predicted octanol–water partition coefficient (Wildman–Crippen LogP) is 1.98. The highest BCUT2D eigenvalue weighted by atomic mass is 16.2. The van der Waals surface area contributed by atoms with Crippen LogP contribution < -0.4 is 10.2 Å². The second-order valence-corrected chi connectivity index (χ2v) is 4.96. The van der Waals surface area contributed by atoms with E-state index < -0.39 is 0 Å². The highest BCUT2D eigenvalue weighted by Crippen LogP contribution is 2.18. The maximum absolute atomic E-state index is 12.0. The molecule has 0 fully saturated rings. The van der Waals surface area contributed by atoms with Crippen molar-refractivity contribution < 1.29 is 4.79 Å². The van der Waals surface area contributed by atoms with Gasteiger partial charge in [0.2, 0.25) is 0 Å². The number of carbonyl (C=O) groups is 1. The van der Waals surface area contributed by atoms with Crippen molar-refractivity contribution in [3.63, 3.8) is 0 Å². The van der Waals surface area contributed by atoms with E-state index in [1.54, 1.807) is 24.0 Å². The largest absolute Gasteiger partial charge is 0.370 e. The molecule has 0 aliphatic carbocycles. The van der Waals surface area contributed by atoms with E-state index in [2.05, 4.69) is 41.3 Å². The topological polar surface area (TPSA) is 50.2 Å². The number of anilines is 1. The molecule has 5 heteroatoms. The van der Waals surface area contributed by atoms with Gasteiger partial charge in [-0.1, -0.05) is 18.2 Å². The van der Waals surface area contributed by atoms with Crippen molar-refractivity contribution in [1.82, 2.24) is 15.1 Å². The molecule has 1 amide bonds. The SMILES string of the molecule is CCN(CCNC(=O)c1ccnn1C)c1ccccc1C. The fourth-order valence-corrected chi connectivity index (χ4v) is 2.36. The van der Waals surface area contributed by atoms with E-state index >= 15 is 0 Å². The van der Waals surface area contributed by atoms with Crippen molar-refractivity contribution >= 4 is 11.6 Å². The lowest BCUT2D eigenvalue weighted by Gasteiger charge is -2.25. The molecule has 1 aromatic heterocycles. The molecule has 1 N–H and O–H groups in total. The first-order chi connectivity index (χ1) is 10.1. The highest BCUT2D eigenvalue weighted by molar-refractivity contribution is 5.92. The Hall–Kier alpha value is -2.30. The van der Waals surface area contributed by atoms with Crippen LogP contribution in [0.15, 0.2) is 36.5 Å². The molecular weight excluding hydrogens is 264 g/mol. The van der Waals surface area contributed by atoms with Gasteiger partial charge in [-0.2, -0.15) is 5.10 Å². The molecule has 0 saturated heterocycles. The summed E-state index contributed by atoms with van der Waals surface area (Å²) in [7, 11) is 1.76. The van der Waals surface area contributed by atoms with Gasteiger partial charge in [0.25, 0.3) is 5.91 Å². The van der Waals surface area contributed by atoms with Gasteiger partial charge in [0.15, 0.2) is 0 Å². The number of aryl methyl sites for hydroxylation is 2. The second-order valence-electron chi connectivity index (χ2n) is 4.96. The minimum absolute atomic E-state index is 0.0872. The molecule has 0 aliphatic heterocycles. The maximum Gasteiger partial charge on any atom is 0.269 e. The second kappa shape index (κ2) is 6.92. The molecule has 112 valence electrons. The van der Waals surface area contributed by atoms with Crippen LogP contribution in [0.5, 0.6) is 0 Å². The fraction of sp³-hybridized carbons (Fsp3) is 0.375. The summed E-state index contributed by atoms with van der Waals surface area (Å²) in [5, 5.41) is 6.94. The van der Waals surface area contributed by atoms with E-state index in [9.17, 15) is 4.79 Å². The standard InChI is InChI=1S/C16H22N4O/c1-4-20(14-8-6-5-7-13(14)2)12-11-17-16(21)15-9-10-18-19(15)3/h5-10H,4,11-12H2,1-3H3,(H,17,21). The summed E-state index contributed by atoms with van der Waals surface area (Å²) in [5.41, 5.74) is 3.04. The molecule has 0 aliphatic rings. The molecule has 5 nitrogen and oxygen atoms in total. The van der Waals surface area contributed by atoms with E-state index in [0.717, 1.165) is 13.1 Å². The molecule has 0 spiro atoms. The average molecular weight is 286 g/mol. The number of para-hydroxylation sites is 1. The van der Waals surface area contributed by atoms with E-state index in [-0.39, 0.29) is 5.91 Å². The molecule has 0 atom stereocenters. The summed E-state index contributed by atoms with van der Waals surface area (Å²) in [6.45, 7) is 6.52. The van der Waals surface area contributed by atoms with Gasteiger partial charge in [-0.15, -0.1) is 0 Å². The van der Waals surface area contributed by atoms with Crippen LogP contribution in [0.1, 0.15) is 23.0 Å². The third-order valence-electron chi connectivity index (χ3n) is 3.56. The third kappa shape index (κ3) is 3.62. The van der Waals surface area contributed by atoms with Gasteiger partial charge in [0, 0.05) is 38.6 Å². The number of nitrogens with one attached hydrogen (secondary N) is 1. The van der Waals surface area contributed by atoms with E-state index in [1.807, 2.05) is 12.1 Å². The van der Waals surface area contributed by atoms with Crippen LogP contribution in [0.3, 0.4) is 0 Å². The normalized spacial score (nSPS) is 10.4. The lowest BCUT2D eigenvalue weighted by atomic mass is 10.2. The summed E-state index contributed by atoms with van der Waals surface area (Å²) in [4.78, 5) is 14.3. The van der Waals surface area contributed by atoms with Crippen LogP contribution in [-0.2, 0) is 7.05 Å². The first kappa shape index (κ1) is 15.1. The summed E-state index contributed by atoms with van der Waals surface area (Å²) in [5.74, 6) is -0.0872. The van der Waals surface area contributed by atoms with Crippen LogP contribution in [0.25, 0.3) is 0 Å². The Morgan fingerprint density at radius 2 is 2.10 bits per heavy atom. The lowest BCUT2D eigenvalue weighted by molar-refractivity contribution is 0.0945. The monoisotopic (exact) mass is 286 g/mol. The summed E-state index contributed by atoms with van der Waals surface area (Å²) >= 11 is 0. The Balaban J connectivity index is 1.91. The molecular formula is C16H22N4O. The Bertz CT molecular complexity index is 606. The van der Waals surface area contributed by atoms with Gasteiger partial charge in [-0.05, 0) is 31.5 Å². The fourth-order valence-electron chi connectivity index (χ4n) is 2.36. The van der Waals surface area contributed by atoms with Crippen LogP contribution in [0, 0.1) is 6.92 Å². The summed E-state index contributed by atoms with van der Waals surface area (Å²) < 4.78 is 1.58. The Morgan fingerprint density at radius 1 is 1.33 bits per heavy atom. The van der Waals surface area contributed by atoms with Crippen molar-refractivity contribution in [3.8, 4) is 0 Å². The smallest absolute Gasteiger partial charge is 0.269 e. The number of hydrogen-bond acceptors (Lipinski definition) is 3. The minimum atomic E-state index is -0.0872. The molecule has 2 rings (SSSR count). The minimum Gasteiger partial charge on any atom is -0.370 e. The zero-order chi connectivity index (χ0) is 15.2. The number of hydrogen-bond donors (Lipinski definition) is 1. The summed E-state index contributed by atoms with van der Waals surface area (Å²) in [6.07, 6.45) is 1.63. The van der Waals surface area contributed by atoms with Crippen LogP contribution in [0.4, 0.5) is 5.69 Å². The van der Waals surface area contributed by atoms with Crippen molar-refractivity contribution in [2.75, 3.05) is 24.5 Å². The molecule has 2 aromatic rings. The molecule has 0 bridgehead atoms. The Labute approximate surface area is 125 Å². The van der Waals surface area contributed by atoms with Gasteiger partial charge in [0.1, 0.15) is 5.69 Å². The molecule has 21 heavy (non-hydrogen) atoms. The van der Waals surface area contributed by atoms with E-state index in [4.69, 9.17) is 0 Å². The number of rotatable bonds is 6. The van der Waals surface area contributed by atoms with Crippen LogP contribution in [-0.4, -0.2) is 35.3 Å².